The Bertz CT molecular complexity index is 72.1. The number of carbonyl (C=O) groups is 1. The van der Waals surface area contributed by atoms with Gasteiger partial charge < -0.3 is 31.5 Å². The van der Waals surface area contributed by atoms with Crippen molar-refractivity contribution in [2.45, 2.75) is 6.92 Å². The quantitative estimate of drug-likeness (QED) is 0.336. The van der Waals surface area contributed by atoms with Crippen LogP contribution in [0.3, 0.4) is 0 Å². The molecule has 0 bridgehead atoms. The minimum Gasteiger partial charge on any atom is -1.00 e. The molecule has 0 unspecified atom stereocenters. The van der Waals surface area contributed by atoms with Gasteiger partial charge in [0.25, 0.3) is 0 Å². The number of carboxylic acids is 1. The zero-order chi connectivity index (χ0) is 7.15. The van der Waals surface area contributed by atoms with Crippen LogP contribution in [0.1, 0.15) is 8.35 Å². The molecule has 60 valence electrons. The fraction of sp³-hybridized carbons (Fsp3) is 0.500. The van der Waals surface area contributed by atoms with Gasteiger partial charge in [-0.15, -0.1) is 0 Å². The van der Waals surface area contributed by atoms with Gasteiger partial charge in [-0.1, -0.05) is 0 Å². The Morgan fingerprint density at radius 2 is 1.23 bits per heavy atom. The number of aliphatic carboxylic acids is 1. The van der Waals surface area contributed by atoms with Gasteiger partial charge in [0.1, 0.15) is 0 Å². The Hall–Kier alpha value is 3.74. The number of carboxylic acid groups (broad SMARTS) is 1. The van der Waals surface area contributed by atoms with Crippen LogP contribution >= 0.6 is 8.60 Å². The predicted octanol–water partition coefficient (Wildman–Crippen LogP) is -16.0. The van der Waals surface area contributed by atoms with E-state index < -0.39 is 14.6 Å². The van der Waals surface area contributed by atoms with E-state index in [0.717, 1.165) is 6.92 Å². The second kappa shape index (κ2) is 36.0. The molecule has 0 aromatic rings. The molecule has 0 spiro atoms. The zero-order valence-corrected chi connectivity index (χ0v) is 17.4. The summed E-state index contributed by atoms with van der Waals surface area (Å²) in [5, 5.41) is 8.89. The average molecular weight is 250 g/mol. The summed E-state index contributed by atoms with van der Waals surface area (Å²) >= 11 is 0. The number of rotatable bonds is 0. The van der Waals surface area contributed by atoms with Crippen molar-refractivity contribution in [2.75, 3.05) is 0 Å². The van der Waals surface area contributed by atoms with Crippen molar-refractivity contribution in [1.29, 1.82) is 0 Å². The van der Waals surface area contributed by atoms with Crippen molar-refractivity contribution in [3.8, 4) is 0 Å². The van der Waals surface area contributed by atoms with Gasteiger partial charge in [0.15, 0.2) is 0 Å². The molecule has 0 radical (unpaired) electrons. The molecule has 0 aliphatic heterocycles. The van der Waals surface area contributed by atoms with Crippen molar-refractivity contribution in [3.05, 3.63) is 0 Å². The Morgan fingerprint density at radius 1 is 1.23 bits per heavy atom. The van der Waals surface area contributed by atoms with Gasteiger partial charge in [0.05, 0.1) is 0 Å². The second-order valence-corrected chi connectivity index (χ2v) is 1.21. The van der Waals surface area contributed by atoms with Crippen molar-refractivity contribution in [3.63, 3.8) is 0 Å². The summed E-state index contributed by atoms with van der Waals surface area (Å²) in [5.41, 5.74) is 0. The third-order valence-corrected chi connectivity index (χ3v) is 0. The van der Waals surface area contributed by atoms with Gasteiger partial charge in [0, 0.05) is 5.97 Å². The van der Waals surface area contributed by atoms with E-state index in [0.29, 0.717) is 0 Å². The second-order valence-electron chi connectivity index (χ2n) is 0.729. The monoisotopic (exact) mass is 250 g/mol. The van der Waals surface area contributed by atoms with Crippen LogP contribution < -0.4 is 133 Å². The zero-order valence-electron chi connectivity index (χ0n) is 9.53. The summed E-state index contributed by atoms with van der Waals surface area (Å²) in [4.78, 5) is 33.1. The molecule has 13 heavy (non-hydrogen) atoms. The van der Waals surface area contributed by atoms with Gasteiger partial charge in [-0.2, -0.15) is 8.60 Å². The normalized spacial score (nSPS) is 4.69. The molecule has 0 amide bonds. The molecule has 0 aromatic carbocycles. The van der Waals surface area contributed by atoms with E-state index in [-0.39, 0.29) is 125 Å². The Kier molecular flexibility index (Phi) is 121. The molecular formula is C2H7Na4O6P. The van der Waals surface area contributed by atoms with Crippen LogP contribution in [-0.2, 0) is 4.79 Å². The van der Waals surface area contributed by atoms with Crippen LogP contribution in [0.2, 0.25) is 0 Å². The molecule has 0 saturated heterocycles. The van der Waals surface area contributed by atoms with Crippen LogP contribution in [0.25, 0.3) is 0 Å². The first kappa shape index (κ1) is 43.7. The third-order valence-electron chi connectivity index (χ3n) is 0. The molecule has 11 heteroatoms. The van der Waals surface area contributed by atoms with Gasteiger partial charge >= 0.3 is 118 Å². The standard InChI is InChI=1S/C2H4O2.4Na.HO3P.H2O.H/c1-2(3)4;;;;;1-4(2)3;;/h1H3,(H,3,4);;;;;1H;1H2;/q;4*+1;-2;;-1/p-1. The Balaban J connectivity index is -0.00000000600. The Morgan fingerprint density at radius 3 is 1.23 bits per heavy atom. The summed E-state index contributed by atoms with van der Waals surface area (Å²) in [6.07, 6.45) is 0. The topological polar surface area (TPSA) is 138 Å². The van der Waals surface area contributed by atoms with Gasteiger partial charge in [-0.3, -0.25) is 0 Å². The molecular weight excluding hydrogens is 243 g/mol. The minimum atomic E-state index is -3.12. The van der Waals surface area contributed by atoms with E-state index in [1.165, 1.54) is 0 Å². The van der Waals surface area contributed by atoms with E-state index in [1.807, 2.05) is 0 Å². The minimum absolute atomic E-state index is 0. The van der Waals surface area contributed by atoms with Gasteiger partial charge in [-0.25, -0.2) is 0 Å². The molecule has 0 aliphatic carbocycles. The van der Waals surface area contributed by atoms with E-state index >= 15 is 0 Å². The largest absolute Gasteiger partial charge is 1.00 e. The summed E-state index contributed by atoms with van der Waals surface area (Å²) < 4.78 is 0. The summed E-state index contributed by atoms with van der Waals surface area (Å²) in [7, 11) is -3.12. The molecule has 3 N–H and O–H groups in total. The SMILES string of the molecule is CC(=O)[O-].O.[H-].[Na+].[Na+].[Na+].[Na+].[O-]P([O-])O. The van der Waals surface area contributed by atoms with E-state index in [1.54, 1.807) is 0 Å². The van der Waals surface area contributed by atoms with Crippen molar-refractivity contribution < 1.29 is 150 Å². The fourth-order valence-corrected chi connectivity index (χ4v) is 0. The fourth-order valence-electron chi connectivity index (χ4n) is 0. The van der Waals surface area contributed by atoms with Crippen LogP contribution in [0.15, 0.2) is 0 Å². The molecule has 0 aromatic heterocycles. The molecule has 0 fully saturated rings. The van der Waals surface area contributed by atoms with E-state index in [2.05, 4.69) is 0 Å². The summed E-state index contributed by atoms with van der Waals surface area (Å²) in [5.74, 6) is -1.08. The van der Waals surface area contributed by atoms with Crippen molar-refractivity contribution >= 4 is 14.6 Å². The predicted molar refractivity (Wildman–Crippen MR) is 24.5 cm³/mol. The Labute approximate surface area is 168 Å². The van der Waals surface area contributed by atoms with Gasteiger partial charge in [0.2, 0.25) is 0 Å². The molecule has 0 heterocycles. The van der Waals surface area contributed by atoms with Crippen LogP contribution in [0.5, 0.6) is 0 Å². The number of hydrogen-bond donors (Lipinski definition) is 1. The molecule has 0 aliphatic rings. The molecule has 0 rings (SSSR count). The maximum Gasteiger partial charge on any atom is 1.00 e. The first-order valence-electron chi connectivity index (χ1n) is 1.47. The number of hydrogen-bond acceptors (Lipinski definition) is 5. The molecule has 6 nitrogen and oxygen atoms in total. The maximum atomic E-state index is 8.89. The van der Waals surface area contributed by atoms with Crippen molar-refractivity contribution in [1.82, 2.24) is 0 Å². The smallest absolute Gasteiger partial charge is 1.00 e. The average Bonchev–Trinajstić information content (AvgIpc) is 1.25. The first-order valence-corrected chi connectivity index (χ1v) is 2.60. The van der Waals surface area contributed by atoms with Crippen molar-refractivity contribution in [2.24, 2.45) is 0 Å². The van der Waals surface area contributed by atoms with E-state index in [4.69, 9.17) is 24.6 Å². The molecule has 0 atom stereocenters. The van der Waals surface area contributed by atoms with Gasteiger partial charge in [-0.05, 0) is 6.92 Å². The van der Waals surface area contributed by atoms with Crippen LogP contribution in [-0.4, -0.2) is 16.3 Å². The molecule has 0 saturated carbocycles. The van der Waals surface area contributed by atoms with Crippen LogP contribution in [0, 0.1) is 0 Å². The summed E-state index contributed by atoms with van der Waals surface area (Å²) in [6.45, 7) is 0.972. The first-order chi connectivity index (χ1) is 3.46. The third kappa shape index (κ3) is 212. The van der Waals surface area contributed by atoms with Crippen LogP contribution in [0.4, 0.5) is 0 Å². The summed E-state index contributed by atoms with van der Waals surface area (Å²) in [6, 6.07) is 0. The number of carbonyl (C=O) groups excluding carboxylic acids is 1. The maximum absolute atomic E-state index is 8.89. The van der Waals surface area contributed by atoms with E-state index in [9.17, 15) is 0 Å².